The highest BCUT2D eigenvalue weighted by molar-refractivity contribution is 5.92. The molecule has 0 aliphatic heterocycles. The fourth-order valence-corrected chi connectivity index (χ4v) is 1.89. The van der Waals surface area contributed by atoms with E-state index >= 15 is 0 Å². The van der Waals surface area contributed by atoms with Gasteiger partial charge in [0.15, 0.2) is 0 Å². The van der Waals surface area contributed by atoms with Gasteiger partial charge >= 0.3 is 0 Å². The molecule has 1 amide bonds. The lowest BCUT2D eigenvalue weighted by Crippen LogP contribution is -2.27. The molecule has 2 rings (SSSR count). The van der Waals surface area contributed by atoms with E-state index in [4.69, 9.17) is 0 Å². The van der Waals surface area contributed by atoms with Gasteiger partial charge in [0.25, 0.3) is 5.91 Å². The van der Waals surface area contributed by atoms with Crippen LogP contribution in [0.2, 0.25) is 0 Å². The van der Waals surface area contributed by atoms with Gasteiger partial charge in [-0.1, -0.05) is 12.1 Å². The van der Waals surface area contributed by atoms with Gasteiger partial charge < -0.3 is 10.2 Å². The van der Waals surface area contributed by atoms with E-state index in [0.717, 1.165) is 11.4 Å². The smallest absolute Gasteiger partial charge is 0.272 e. The standard InChI is InChI=1S/C15H18N4O/c1-11-6-4-7-12(17-11)10-19(3)15(20)13-8-5-9-14(16-2)18-13/h4-9H,10H2,1-3H3,(H,16,18). The minimum absolute atomic E-state index is 0.120. The third kappa shape index (κ3) is 3.32. The van der Waals surface area contributed by atoms with Gasteiger partial charge in [0.2, 0.25) is 0 Å². The van der Waals surface area contributed by atoms with Gasteiger partial charge in [-0.3, -0.25) is 9.78 Å². The van der Waals surface area contributed by atoms with E-state index in [0.29, 0.717) is 18.1 Å². The lowest BCUT2D eigenvalue weighted by atomic mass is 10.2. The van der Waals surface area contributed by atoms with Crippen LogP contribution in [0, 0.1) is 6.92 Å². The number of aromatic nitrogens is 2. The molecule has 0 saturated carbocycles. The lowest BCUT2D eigenvalue weighted by Gasteiger charge is -2.16. The van der Waals surface area contributed by atoms with E-state index < -0.39 is 0 Å². The van der Waals surface area contributed by atoms with Crippen molar-refractivity contribution in [1.29, 1.82) is 0 Å². The molecule has 0 radical (unpaired) electrons. The van der Waals surface area contributed by atoms with Gasteiger partial charge in [0.1, 0.15) is 11.5 Å². The van der Waals surface area contributed by atoms with E-state index in [1.807, 2.05) is 37.3 Å². The molecule has 0 aliphatic rings. The highest BCUT2D eigenvalue weighted by Crippen LogP contribution is 2.08. The summed E-state index contributed by atoms with van der Waals surface area (Å²) in [4.78, 5) is 22.6. The van der Waals surface area contributed by atoms with Crippen LogP contribution in [0.25, 0.3) is 0 Å². The van der Waals surface area contributed by atoms with Crippen LogP contribution in [0.4, 0.5) is 5.82 Å². The average molecular weight is 270 g/mol. The Kier molecular flexibility index (Phi) is 4.30. The van der Waals surface area contributed by atoms with Crippen LogP contribution in [-0.4, -0.2) is 34.9 Å². The molecule has 0 fully saturated rings. The molecule has 0 unspecified atom stereocenters. The van der Waals surface area contributed by atoms with Crippen molar-refractivity contribution < 1.29 is 4.79 Å². The first-order valence-electron chi connectivity index (χ1n) is 6.43. The first-order chi connectivity index (χ1) is 9.60. The van der Waals surface area contributed by atoms with Crippen LogP contribution < -0.4 is 5.32 Å². The van der Waals surface area contributed by atoms with E-state index in [9.17, 15) is 4.79 Å². The zero-order chi connectivity index (χ0) is 14.5. The van der Waals surface area contributed by atoms with Gasteiger partial charge in [-0.05, 0) is 31.2 Å². The van der Waals surface area contributed by atoms with Gasteiger partial charge in [0, 0.05) is 19.8 Å². The van der Waals surface area contributed by atoms with Crippen molar-refractivity contribution in [2.75, 3.05) is 19.4 Å². The number of anilines is 1. The molecule has 0 aliphatic carbocycles. The topological polar surface area (TPSA) is 58.1 Å². The quantitative estimate of drug-likeness (QED) is 0.924. The third-order valence-corrected chi connectivity index (χ3v) is 2.92. The highest BCUT2D eigenvalue weighted by atomic mass is 16.2. The van der Waals surface area contributed by atoms with Gasteiger partial charge in [-0.25, -0.2) is 4.98 Å². The van der Waals surface area contributed by atoms with Crippen molar-refractivity contribution in [3.8, 4) is 0 Å². The second-order valence-electron chi connectivity index (χ2n) is 4.59. The van der Waals surface area contributed by atoms with E-state index in [1.165, 1.54) is 0 Å². The SMILES string of the molecule is CNc1cccc(C(=O)N(C)Cc2cccc(C)n2)n1. The molecule has 1 N–H and O–H groups in total. The molecule has 0 aromatic carbocycles. The maximum atomic E-state index is 12.3. The molecular weight excluding hydrogens is 252 g/mol. The Morgan fingerprint density at radius 2 is 1.95 bits per heavy atom. The Morgan fingerprint density at radius 1 is 1.20 bits per heavy atom. The second-order valence-corrected chi connectivity index (χ2v) is 4.59. The Bertz CT molecular complexity index is 612. The minimum Gasteiger partial charge on any atom is -0.373 e. The molecular formula is C15H18N4O. The summed E-state index contributed by atoms with van der Waals surface area (Å²) in [6.07, 6.45) is 0. The number of carbonyl (C=O) groups is 1. The maximum Gasteiger partial charge on any atom is 0.272 e. The molecule has 104 valence electrons. The number of rotatable bonds is 4. The summed E-state index contributed by atoms with van der Waals surface area (Å²) in [5, 5.41) is 2.92. The Balaban J connectivity index is 2.12. The first kappa shape index (κ1) is 14.0. The van der Waals surface area contributed by atoms with Crippen LogP contribution in [0.15, 0.2) is 36.4 Å². The third-order valence-electron chi connectivity index (χ3n) is 2.92. The average Bonchev–Trinajstić information content (AvgIpc) is 2.46. The van der Waals surface area contributed by atoms with Crippen molar-refractivity contribution in [2.24, 2.45) is 0 Å². The summed E-state index contributed by atoms with van der Waals surface area (Å²) < 4.78 is 0. The molecule has 2 aromatic heterocycles. The number of carbonyl (C=O) groups excluding carboxylic acids is 1. The molecule has 5 heteroatoms. The molecule has 0 atom stereocenters. The molecule has 20 heavy (non-hydrogen) atoms. The molecule has 2 heterocycles. The number of hydrogen-bond donors (Lipinski definition) is 1. The van der Waals surface area contributed by atoms with E-state index in [-0.39, 0.29) is 5.91 Å². The summed E-state index contributed by atoms with van der Waals surface area (Å²) in [6, 6.07) is 11.1. The Morgan fingerprint density at radius 3 is 2.65 bits per heavy atom. The minimum atomic E-state index is -0.120. The lowest BCUT2D eigenvalue weighted by molar-refractivity contribution is 0.0777. The zero-order valence-corrected chi connectivity index (χ0v) is 11.9. The van der Waals surface area contributed by atoms with Crippen molar-refractivity contribution in [3.63, 3.8) is 0 Å². The summed E-state index contributed by atoms with van der Waals surface area (Å²) in [6.45, 7) is 2.40. The van der Waals surface area contributed by atoms with Crippen LogP contribution in [-0.2, 0) is 6.54 Å². The number of hydrogen-bond acceptors (Lipinski definition) is 4. The highest BCUT2D eigenvalue weighted by Gasteiger charge is 2.14. The van der Waals surface area contributed by atoms with Gasteiger partial charge in [-0.2, -0.15) is 0 Å². The van der Waals surface area contributed by atoms with E-state index in [2.05, 4.69) is 15.3 Å². The molecule has 0 spiro atoms. The van der Waals surface area contributed by atoms with Crippen LogP contribution in [0.5, 0.6) is 0 Å². The van der Waals surface area contributed by atoms with Crippen molar-refractivity contribution in [2.45, 2.75) is 13.5 Å². The zero-order valence-electron chi connectivity index (χ0n) is 11.9. The predicted molar refractivity (Wildman–Crippen MR) is 78.6 cm³/mol. The molecule has 0 saturated heterocycles. The second kappa shape index (κ2) is 6.14. The maximum absolute atomic E-state index is 12.3. The van der Waals surface area contributed by atoms with Crippen molar-refractivity contribution in [1.82, 2.24) is 14.9 Å². The summed E-state index contributed by atoms with van der Waals surface area (Å²) in [5.74, 6) is 0.559. The largest absolute Gasteiger partial charge is 0.373 e. The molecule has 5 nitrogen and oxygen atoms in total. The Labute approximate surface area is 118 Å². The van der Waals surface area contributed by atoms with Gasteiger partial charge in [0.05, 0.1) is 12.2 Å². The fraction of sp³-hybridized carbons (Fsp3) is 0.267. The van der Waals surface area contributed by atoms with Crippen LogP contribution >= 0.6 is 0 Å². The number of amides is 1. The summed E-state index contributed by atoms with van der Waals surface area (Å²) in [5.41, 5.74) is 2.23. The monoisotopic (exact) mass is 270 g/mol. The normalized spacial score (nSPS) is 10.2. The summed E-state index contributed by atoms with van der Waals surface area (Å²) in [7, 11) is 3.52. The number of nitrogens with one attached hydrogen (secondary N) is 1. The summed E-state index contributed by atoms with van der Waals surface area (Å²) >= 11 is 0. The number of aryl methyl sites for hydroxylation is 1. The number of pyridine rings is 2. The van der Waals surface area contributed by atoms with Crippen LogP contribution in [0.1, 0.15) is 21.9 Å². The van der Waals surface area contributed by atoms with E-state index in [1.54, 1.807) is 25.1 Å². The molecule has 0 bridgehead atoms. The fourth-order valence-electron chi connectivity index (χ4n) is 1.89. The molecule has 2 aromatic rings. The van der Waals surface area contributed by atoms with Crippen molar-refractivity contribution >= 4 is 11.7 Å². The van der Waals surface area contributed by atoms with Gasteiger partial charge in [-0.15, -0.1) is 0 Å². The predicted octanol–water partition coefficient (Wildman–Crippen LogP) is 2.10. The van der Waals surface area contributed by atoms with Crippen molar-refractivity contribution in [3.05, 3.63) is 53.5 Å². The number of nitrogens with zero attached hydrogens (tertiary/aromatic N) is 3. The Hall–Kier alpha value is -2.43. The first-order valence-corrected chi connectivity index (χ1v) is 6.43. The van der Waals surface area contributed by atoms with Crippen LogP contribution in [0.3, 0.4) is 0 Å².